The highest BCUT2D eigenvalue weighted by molar-refractivity contribution is 9.10. The molecule has 2 aromatic rings. The Bertz CT molecular complexity index is 588. The summed E-state index contributed by atoms with van der Waals surface area (Å²) in [5.41, 5.74) is 2.04. The molecule has 0 fully saturated rings. The number of hydrogen-bond acceptors (Lipinski definition) is 2. The average molecular weight is 338 g/mol. The van der Waals surface area contributed by atoms with E-state index < -0.39 is 0 Å². The van der Waals surface area contributed by atoms with Crippen LogP contribution in [0.5, 0.6) is 5.75 Å². The van der Waals surface area contributed by atoms with Crippen LogP contribution in [0.2, 0.25) is 0 Å². The topological polar surface area (TPSA) is 21.3 Å². The van der Waals surface area contributed by atoms with Gasteiger partial charge in [0.2, 0.25) is 0 Å². The third-order valence-corrected chi connectivity index (χ3v) is 3.97. The molecule has 0 aliphatic heterocycles. The van der Waals surface area contributed by atoms with Gasteiger partial charge in [0.05, 0.1) is 7.11 Å². The van der Waals surface area contributed by atoms with Crippen molar-refractivity contribution in [3.05, 3.63) is 63.9 Å². The molecule has 0 aliphatic rings. The van der Waals surface area contributed by atoms with E-state index >= 15 is 0 Å². The van der Waals surface area contributed by atoms with Gasteiger partial charge in [-0.1, -0.05) is 28.1 Å². The SMILES string of the molecule is COc1ccc(Br)c(CN[C@@H](C)c2cccc(F)c2)c1. The lowest BCUT2D eigenvalue weighted by atomic mass is 10.1. The highest BCUT2D eigenvalue weighted by atomic mass is 79.9. The standard InChI is InChI=1S/C16H17BrFNO/c1-11(12-4-3-5-14(18)8-12)19-10-13-9-15(20-2)6-7-16(13)17/h3-9,11,19H,10H2,1-2H3/t11-/m0/s1. The van der Waals surface area contributed by atoms with Crippen LogP contribution < -0.4 is 10.1 Å². The van der Waals surface area contributed by atoms with Crippen LogP contribution in [-0.2, 0) is 6.54 Å². The van der Waals surface area contributed by atoms with Crippen molar-refractivity contribution in [2.75, 3.05) is 7.11 Å². The number of benzene rings is 2. The number of ether oxygens (including phenoxy) is 1. The second-order valence-corrected chi connectivity index (χ2v) is 5.47. The summed E-state index contributed by atoms with van der Waals surface area (Å²) >= 11 is 3.52. The van der Waals surface area contributed by atoms with E-state index in [0.29, 0.717) is 6.54 Å². The largest absolute Gasteiger partial charge is 0.497 e. The third-order valence-electron chi connectivity index (χ3n) is 3.20. The van der Waals surface area contributed by atoms with E-state index in [9.17, 15) is 4.39 Å². The van der Waals surface area contributed by atoms with Crippen LogP contribution in [0.4, 0.5) is 4.39 Å². The number of nitrogens with one attached hydrogen (secondary N) is 1. The third kappa shape index (κ3) is 3.81. The van der Waals surface area contributed by atoms with Crippen LogP contribution >= 0.6 is 15.9 Å². The maximum absolute atomic E-state index is 13.2. The van der Waals surface area contributed by atoms with Gasteiger partial charge in [0.1, 0.15) is 11.6 Å². The number of rotatable bonds is 5. The highest BCUT2D eigenvalue weighted by Crippen LogP contribution is 2.23. The lowest BCUT2D eigenvalue weighted by Crippen LogP contribution is -2.18. The molecule has 0 spiro atoms. The number of hydrogen-bond donors (Lipinski definition) is 1. The van der Waals surface area contributed by atoms with Crippen molar-refractivity contribution in [3.63, 3.8) is 0 Å². The van der Waals surface area contributed by atoms with Crippen molar-refractivity contribution in [1.29, 1.82) is 0 Å². The molecule has 2 aromatic carbocycles. The van der Waals surface area contributed by atoms with Gasteiger partial charge in [-0.25, -0.2) is 4.39 Å². The van der Waals surface area contributed by atoms with Crippen molar-refractivity contribution >= 4 is 15.9 Å². The molecule has 0 bridgehead atoms. The quantitative estimate of drug-likeness (QED) is 0.870. The minimum absolute atomic E-state index is 0.0730. The zero-order valence-electron chi connectivity index (χ0n) is 11.5. The van der Waals surface area contributed by atoms with Crippen LogP contribution in [0.15, 0.2) is 46.9 Å². The fourth-order valence-corrected chi connectivity index (χ4v) is 2.36. The predicted molar refractivity (Wildman–Crippen MR) is 82.3 cm³/mol. The van der Waals surface area contributed by atoms with Gasteiger partial charge >= 0.3 is 0 Å². The summed E-state index contributed by atoms with van der Waals surface area (Å²) in [5.74, 6) is 0.613. The van der Waals surface area contributed by atoms with Gasteiger partial charge in [0.25, 0.3) is 0 Å². The molecule has 0 saturated carbocycles. The minimum atomic E-state index is -0.210. The van der Waals surface area contributed by atoms with E-state index in [-0.39, 0.29) is 11.9 Å². The van der Waals surface area contributed by atoms with Crippen LogP contribution in [0, 0.1) is 5.82 Å². The molecule has 0 aromatic heterocycles. The van der Waals surface area contributed by atoms with Crippen LogP contribution in [-0.4, -0.2) is 7.11 Å². The van der Waals surface area contributed by atoms with Gasteiger partial charge < -0.3 is 10.1 Å². The van der Waals surface area contributed by atoms with Gasteiger partial charge in [0, 0.05) is 17.1 Å². The van der Waals surface area contributed by atoms with Crippen molar-refractivity contribution < 1.29 is 9.13 Å². The van der Waals surface area contributed by atoms with E-state index in [4.69, 9.17) is 4.74 Å². The van der Waals surface area contributed by atoms with Gasteiger partial charge in [-0.05, 0) is 48.4 Å². The zero-order chi connectivity index (χ0) is 14.5. The normalized spacial score (nSPS) is 12.2. The van der Waals surface area contributed by atoms with Gasteiger partial charge in [-0.15, -0.1) is 0 Å². The van der Waals surface area contributed by atoms with E-state index in [1.165, 1.54) is 6.07 Å². The molecule has 2 nitrogen and oxygen atoms in total. The molecule has 0 aliphatic carbocycles. The summed E-state index contributed by atoms with van der Waals surface area (Å²) in [6.45, 7) is 2.69. The van der Waals surface area contributed by atoms with E-state index in [1.807, 2.05) is 31.2 Å². The Hall–Kier alpha value is -1.39. The van der Waals surface area contributed by atoms with E-state index in [1.54, 1.807) is 19.2 Å². The summed E-state index contributed by atoms with van der Waals surface area (Å²) in [4.78, 5) is 0. The lowest BCUT2D eigenvalue weighted by molar-refractivity contribution is 0.413. The number of methoxy groups -OCH3 is 1. The minimum Gasteiger partial charge on any atom is -0.497 e. The maximum Gasteiger partial charge on any atom is 0.123 e. The highest BCUT2D eigenvalue weighted by Gasteiger charge is 2.08. The molecule has 0 amide bonds. The fraction of sp³-hybridized carbons (Fsp3) is 0.250. The van der Waals surface area contributed by atoms with E-state index in [2.05, 4.69) is 21.2 Å². The van der Waals surface area contributed by atoms with Crippen molar-refractivity contribution in [1.82, 2.24) is 5.32 Å². The molecule has 4 heteroatoms. The molecule has 20 heavy (non-hydrogen) atoms. The van der Waals surface area contributed by atoms with Crippen LogP contribution in [0.3, 0.4) is 0 Å². The Morgan fingerprint density at radius 2 is 2.05 bits per heavy atom. The van der Waals surface area contributed by atoms with Gasteiger partial charge in [-0.3, -0.25) is 0 Å². The molecule has 1 N–H and O–H groups in total. The van der Waals surface area contributed by atoms with Crippen molar-refractivity contribution in [3.8, 4) is 5.75 Å². The molecular weight excluding hydrogens is 321 g/mol. The van der Waals surface area contributed by atoms with Crippen LogP contribution in [0.1, 0.15) is 24.1 Å². The van der Waals surface area contributed by atoms with E-state index in [0.717, 1.165) is 21.3 Å². The second kappa shape index (κ2) is 6.86. The Balaban J connectivity index is 2.05. The molecular formula is C16H17BrFNO. The first-order valence-electron chi connectivity index (χ1n) is 6.41. The predicted octanol–water partition coefficient (Wildman–Crippen LogP) is 4.45. The smallest absolute Gasteiger partial charge is 0.123 e. The Morgan fingerprint density at radius 3 is 2.75 bits per heavy atom. The second-order valence-electron chi connectivity index (χ2n) is 4.61. The maximum atomic E-state index is 13.2. The first-order chi connectivity index (χ1) is 9.60. The lowest BCUT2D eigenvalue weighted by Gasteiger charge is -2.15. The molecule has 2 rings (SSSR count). The Labute approximate surface area is 127 Å². The first kappa shape index (κ1) is 15.0. The Morgan fingerprint density at radius 1 is 1.25 bits per heavy atom. The molecule has 0 radical (unpaired) electrons. The molecule has 0 saturated heterocycles. The van der Waals surface area contributed by atoms with Gasteiger partial charge in [0.15, 0.2) is 0 Å². The van der Waals surface area contributed by atoms with Crippen molar-refractivity contribution in [2.45, 2.75) is 19.5 Å². The fourth-order valence-electron chi connectivity index (χ4n) is 1.97. The summed E-state index contributed by atoms with van der Waals surface area (Å²) in [7, 11) is 1.65. The van der Waals surface area contributed by atoms with Gasteiger partial charge in [-0.2, -0.15) is 0 Å². The average Bonchev–Trinajstić information content (AvgIpc) is 2.46. The summed E-state index contributed by atoms with van der Waals surface area (Å²) in [6, 6.07) is 12.6. The summed E-state index contributed by atoms with van der Waals surface area (Å²) < 4.78 is 19.4. The molecule has 1 atom stereocenters. The Kier molecular flexibility index (Phi) is 5.15. The number of halogens is 2. The molecule has 0 heterocycles. The molecule has 106 valence electrons. The summed E-state index contributed by atoms with van der Waals surface area (Å²) in [6.07, 6.45) is 0. The van der Waals surface area contributed by atoms with Crippen LogP contribution in [0.25, 0.3) is 0 Å². The first-order valence-corrected chi connectivity index (χ1v) is 7.20. The summed E-state index contributed by atoms with van der Waals surface area (Å²) in [5, 5.41) is 3.38. The molecule has 0 unspecified atom stereocenters. The zero-order valence-corrected chi connectivity index (χ0v) is 13.1. The monoisotopic (exact) mass is 337 g/mol. The van der Waals surface area contributed by atoms with Crippen molar-refractivity contribution in [2.24, 2.45) is 0 Å².